The molecule has 0 aliphatic rings. The highest BCUT2D eigenvalue weighted by Gasteiger charge is 2.23. The van der Waals surface area contributed by atoms with Gasteiger partial charge in [-0.3, -0.25) is 9.59 Å². The maximum absolute atomic E-state index is 12.3. The van der Waals surface area contributed by atoms with Gasteiger partial charge in [0.2, 0.25) is 5.91 Å². The van der Waals surface area contributed by atoms with Crippen molar-refractivity contribution in [3.63, 3.8) is 0 Å². The third kappa shape index (κ3) is 5.83. The highest BCUT2D eigenvalue weighted by atomic mass is 16.6. The van der Waals surface area contributed by atoms with E-state index in [9.17, 15) is 14.4 Å². The number of nitrogens with zero attached hydrogens (tertiary/aromatic N) is 3. The summed E-state index contributed by atoms with van der Waals surface area (Å²) >= 11 is 0. The summed E-state index contributed by atoms with van der Waals surface area (Å²) in [7, 11) is 1.44. The third-order valence-electron chi connectivity index (χ3n) is 3.61. The van der Waals surface area contributed by atoms with Gasteiger partial charge in [-0.1, -0.05) is 30.3 Å². The predicted octanol–water partition coefficient (Wildman–Crippen LogP) is 1.84. The molecule has 3 amide bonds. The average Bonchev–Trinajstić information content (AvgIpc) is 2.96. The fraction of sp³-hybridized carbons (Fsp3) is 0.368. The molecule has 9 nitrogen and oxygen atoms in total. The van der Waals surface area contributed by atoms with E-state index in [1.54, 1.807) is 25.3 Å². The molecule has 2 aromatic rings. The summed E-state index contributed by atoms with van der Waals surface area (Å²) in [5, 5.41) is 2.53. The molecule has 0 fully saturated rings. The van der Waals surface area contributed by atoms with Crippen molar-refractivity contribution < 1.29 is 19.1 Å². The number of nitrogens with two attached hydrogens (primary N) is 1. The second-order valence-corrected chi connectivity index (χ2v) is 7.30. The molecule has 1 aromatic carbocycles. The first-order valence-electron chi connectivity index (χ1n) is 8.69. The first kappa shape index (κ1) is 20.9. The van der Waals surface area contributed by atoms with Crippen molar-refractivity contribution in [2.24, 2.45) is 5.73 Å². The minimum Gasteiger partial charge on any atom is -0.444 e. The van der Waals surface area contributed by atoms with Gasteiger partial charge in [0.1, 0.15) is 12.1 Å². The number of primary amides is 1. The predicted molar refractivity (Wildman–Crippen MR) is 104 cm³/mol. The summed E-state index contributed by atoms with van der Waals surface area (Å²) in [6.45, 7) is 5.31. The molecule has 0 aliphatic carbocycles. The summed E-state index contributed by atoms with van der Waals surface area (Å²) in [4.78, 5) is 41.3. The van der Waals surface area contributed by atoms with E-state index in [0.717, 1.165) is 10.5 Å². The zero-order valence-electron chi connectivity index (χ0n) is 16.4. The number of benzene rings is 1. The molecule has 0 saturated heterocycles. The molecule has 0 aliphatic heterocycles. The Morgan fingerprint density at radius 3 is 2.43 bits per heavy atom. The number of ether oxygens (including phenoxy) is 1. The minimum atomic E-state index is -0.718. The first-order valence-corrected chi connectivity index (χ1v) is 8.69. The third-order valence-corrected chi connectivity index (χ3v) is 3.61. The lowest BCUT2D eigenvalue weighted by atomic mass is 10.2. The topological polar surface area (TPSA) is 120 Å². The molecule has 0 bridgehead atoms. The monoisotopic (exact) mass is 387 g/mol. The van der Waals surface area contributed by atoms with E-state index >= 15 is 0 Å². The van der Waals surface area contributed by atoms with E-state index in [0.29, 0.717) is 6.54 Å². The Hall–Kier alpha value is -3.36. The van der Waals surface area contributed by atoms with E-state index in [1.807, 2.05) is 30.3 Å². The summed E-state index contributed by atoms with van der Waals surface area (Å²) in [5.41, 5.74) is 5.83. The molecule has 0 radical (unpaired) electrons. The molecule has 1 heterocycles. The van der Waals surface area contributed by atoms with Crippen LogP contribution in [0.15, 0.2) is 36.7 Å². The Kier molecular flexibility index (Phi) is 6.40. The van der Waals surface area contributed by atoms with E-state index in [4.69, 9.17) is 10.5 Å². The second kappa shape index (κ2) is 8.55. The minimum absolute atomic E-state index is 0.0472. The van der Waals surface area contributed by atoms with Crippen molar-refractivity contribution in [1.29, 1.82) is 0 Å². The van der Waals surface area contributed by atoms with Gasteiger partial charge < -0.3 is 25.3 Å². The molecule has 0 saturated carbocycles. The highest BCUT2D eigenvalue weighted by Crippen LogP contribution is 2.15. The van der Waals surface area contributed by atoms with Crippen LogP contribution in [0.5, 0.6) is 0 Å². The lowest BCUT2D eigenvalue weighted by molar-refractivity contribution is -0.117. The molecule has 0 spiro atoms. The van der Waals surface area contributed by atoms with Gasteiger partial charge in [0, 0.05) is 13.6 Å². The van der Waals surface area contributed by atoms with Crippen molar-refractivity contribution in [3.05, 3.63) is 47.9 Å². The maximum atomic E-state index is 12.3. The van der Waals surface area contributed by atoms with E-state index in [1.165, 1.54) is 13.4 Å². The Morgan fingerprint density at radius 2 is 1.86 bits per heavy atom. The molecular weight excluding hydrogens is 362 g/mol. The highest BCUT2D eigenvalue weighted by molar-refractivity contribution is 6.01. The number of amides is 3. The average molecular weight is 387 g/mol. The fourth-order valence-electron chi connectivity index (χ4n) is 2.42. The van der Waals surface area contributed by atoms with Crippen LogP contribution in [0, 0.1) is 0 Å². The van der Waals surface area contributed by atoms with Crippen LogP contribution in [0.2, 0.25) is 0 Å². The van der Waals surface area contributed by atoms with Gasteiger partial charge in [-0.15, -0.1) is 0 Å². The van der Waals surface area contributed by atoms with Gasteiger partial charge in [-0.05, 0) is 26.3 Å². The van der Waals surface area contributed by atoms with Crippen molar-refractivity contribution in [2.75, 3.05) is 18.9 Å². The number of carbonyl (C=O) groups excluding carboxylic acids is 3. The number of imidazole rings is 1. The molecule has 2 rings (SSSR count). The van der Waals surface area contributed by atoms with Crippen LogP contribution < -0.4 is 11.1 Å². The number of carbonyl (C=O) groups is 3. The Bertz CT molecular complexity index is 855. The second-order valence-electron chi connectivity index (χ2n) is 7.30. The first-order chi connectivity index (χ1) is 13.1. The summed E-state index contributed by atoms with van der Waals surface area (Å²) in [6.07, 6.45) is 0.799. The Morgan fingerprint density at radius 1 is 1.21 bits per heavy atom. The van der Waals surface area contributed by atoms with E-state index < -0.39 is 23.5 Å². The van der Waals surface area contributed by atoms with Gasteiger partial charge in [0.05, 0.1) is 6.33 Å². The van der Waals surface area contributed by atoms with Gasteiger partial charge >= 0.3 is 6.09 Å². The van der Waals surface area contributed by atoms with Crippen LogP contribution >= 0.6 is 0 Å². The smallest absolute Gasteiger partial charge is 0.410 e. The molecule has 3 N–H and O–H groups in total. The number of nitrogens with one attached hydrogen (secondary N) is 1. The molecule has 150 valence electrons. The van der Waals surface area contributed by atoms with Gasteiger partial charge in [-0.2, -0.15) is 0 Å². The normalized spacial score (nSPS) is 11.0. The SMILES string of the molecule is CN(CC(=O)Nc1ncn(Cc2ccccc2)c1C(N)=O)C(=O)OC(C)(C)C. The van der Waals surface area contributed by atoms with Crippen molar-refractivity contribution >= 4 is 23.7 Å². The standard InChI is InChI=1S/C19H25N5O4/c1-19(2,3)28-18(27)23(4)11-14(25)22-17-15(16(20)26)24(12-21-17)10-13-8-6-5-7-9-13/h5-9,12H,10-11H2,1-4H3,(H2,20,26)(H,22,25). The number of aromatic nitrogens is 2. The zero-order chi connectivity index (χ0) is 20.9. The lowest BCUT2D eigenvalue weighted by Crippen LogP contribution is -2.39. The molecular formula is C19H25N5O4. The summed E-state index contributed by atoms with van der Waals surface area (Å²) in [5.74, 6) is -1.20. The van der Waals surface area contributed by atoms with Crippen molar-refractivity contribution in [1.82, 2.24) is 14.5 Å². The molecule has 28 heavy (non-hydrogen) atoms. The number of likely N-dealkylation sites (N-methyl/N-ethyl adjacent to an activating group) is 1. The van der Waals surface area contributed by atoms with Crippen LogP contribution in [0.3, 0.4) is 0 Å². The van der Waals surface area contributed by atoms with Gasteiger partial charge in [0.25, 0.3) is 5.91 Å². The van der Waals surface area contributed by atoms with Crippen molar-refractivity contribution in [3.8, 4) is 0 Å². The number of hydrogen-bond acceptors (Lipinski definition) is 5. The van der Waals surface area contributed by atoms with Crippen LogP contribution in [0.25, 0.3) is 0 Å². The fourth-order valence-corrected chi connectivity index (χ4v) is 2.42. The van der Waals surface area contributed by atoms with Crippen LogP contribution in [-0.2, 0) is 16.1 Å². The van der Waals surface area contributed by atoms with Gasteiger partial charge in [0.15, 0.2) is 11.5 Å². The van der Waals surface area contributed by atoms with Gasteiger partial charge in [-0.25, -0.2) is 9.78 Å². The quantitative estimate of drug-likeness (QED) is 0.784. The largest absolute Gasteiger partial charge is 0.444 e. The van der Waals surface area contributed by atoms with E-state index in [-0.39, 0.29) is 18.1 Å². The number of anilines is 1. The Labute approximate surface area is 163 Å². The maximum Gasteiger partial charge on any atom is 0.410 e. The summed E-state index contributed by atoms with van der Waals surface area (Å²) < 4.78 is 6.76. The van der Waals surface area contributed by atoms with Crippen LogP contribution in [0.4, 0.5) is 10.6 Å². The van der Waals surface area contributed by atoms with Crippen LogP contribution in [-0.4, -0.2) is 51.6 Å². The molecule has 0 atom stereocenters. The Balaban J connectivity index is 2.08. The molecule has 9 heteroatoms. The van der Waals surface area contributed by atoms with E-state index in [2.05, 4.69) is 10.3 Å². The lowest BCUT2D eigenvalue weighted by Gasteiger charge is -2.24. The zero-order valence-corrected chi connectivity index (χ0v) is 16.4. The van der Waals surface area contributed by atoms with Crippen LogP contribution in [0.1, 0.15) is 36.8 Å². The molecule has 1 aromatic heterocycles. The number of hydrogen-bond donors (Lipinski definition) is 2. The number of rotatable bonds is 6. The molecule has 0 unspecified atom stereocenters. The van der Waals surface area contributed by atoms with Crippen molar-refractivity contribution in [2.45, 2.75) is 32.9 Å². The summed E-state index contributed by atoms with van der Waals surface area (Å²) in [6, 6.07) is 9.45.